The van der Waals surface area contributed by atoms with E-state index in [1.54, 1.807) is 0 Å². The van der Waals surface area contributed by atoms with Crippen molar-refractivity contribution in [2.45, 2.75) is 19.3 Å². The smallest absolute Gasteiger partial charge is 0.160 e. The van der Waals surface area contributed by atoms with E-state index in [4.69, 9.17) is 9.97 Å². The van der Waals surface area contributed by atoms with Crippen molar-refractivity contribution in [3.63, 3.8) is 0 Å². The minimum atomic E-state index is -0.0941. The Kier molecular flexibility index (Phi) is 5.78. The minimum Gasteiger partial charge on any atom is -0.310 e. The van der Waals surface area contributed by atoms with Gasteiger partial charge in [0, 0.05) is 27.8 Å². The first kappa shape index (κ1) is 24.1. The van der Waals surface area contributed by atoms with Crippen LogP contribution in [0.1, 0.15) is 25.0 Å². The van der Waals surface area contributed by atoms with Crippen molar-refractivity contribution in [2.24, 2.45) is 0 Å². The van der Waals surface area contributed by atoms with Crippen LogP contribution in [0.25, 0.3) is 33.9 Å². The third-order valence-electron chi connectivity index (χ3n) is 7.86. The zero-order valence-corrected chi connectivity index (χ0v) is 22.6. The average molecular weight is 516 g/mol. The summed E-state index contributed by atoms with van der Waals surface area (Å²) in [5.41, 5.74) is 11.0. The summed E-state index contributed by atoms with van der Waals surface area (Å²) in [5.74, 6) is 0.720. The molecule has 1 aliphatic heterocycles. The van der Waals surface area contributed by atoms with Crippen LogP contribution in [0.5, 0.6) is 0 Å². The van der Waals surface area contributed by atoms with E-state index in [2.05, 4.69) is 122 Å². The zero-order valence-electron chi connectivity index (χ0n) is 22.6. The van der Waals surface area contributed by atoms with Crippen molar-refractivity contribution in [3.05, 3.63) is 151 Å². The Bertz CT molecular complexity index is 1720. The second-order valence-electron chi connectivity index (χ2n) is 10.7. The molecule has 1 aromatic heterocycles. The molecule has 3 nitrogen and oxygen atoms in total. The quantitative estimate of drug-likeness (QED) is 0.234. The number of para-hydroxylation sites is 2. The molecule has 0 spiro atoms. The molecular formula is C37H29N3. The molecule has 0 atom stereocenters. The van der Waals surface area contributed by atoms with Crippen LogP contribution in [0.3, 0.4) is 0 Å². The normalized spacial score (nSPS) is 13.4. The maximum atomic E-state index is 5.07. The molecule has 0 saturated heterocycles. The van der Waals surface area contributed by atoms with E-state index in [0.29, 0.717) is 0 Å². The van der Waals surface area contributed by atoms with Gasteiger partial charge in [-0.3, -0.25) is 0 Å². The molecule has 6 aromatic rings. The Morgan fingerprint density at radius 1 is 0.475 bits per heavy atom. The zero-order chi connectivity index (χ0) is 27.1. The van der Waals surface area contributed by atoms with E-state index in [0.717, 1.165) is 39.6 Å². The first-order chi connectivity index (χ1) is 19.6. The van der Waals surface area contributed by atoms with Gasteiger partial charge in [0.05, 0.1) is 22.8 Å². The second kappa shape index (κ2) is 9.62. The van der Waals surface area contributed by atoms with Crippen LogP contribution in [0.15, 0.2) is 140 Å². The van der Waals surface area contributed by atoms with Gasteiger partial charge in [0.15, 0.2) is 5.82 Å². The predicted molar refractivity (Wildman–Crippen MR) is 165 cm³/mol. The summed E-state index contributed by atoms with van der Waals surface area (Å²) in [6.07, 6.45) is 0. The van der Waals surface area contributed by atoms with Crippen LogP contribution >= 0.6 is 0 Å². The molecule has 2 heterocycles. The van der Waals surface area contributed by atoms with Crippen molar-refractivity contribution < 1.29 is 0 Å². The van der Waals surface area contributed by atoms with E-state index >= 15 is 0 Å². The third kappa shape index (κ3) is 4.07. The van der Waals surface area contributed by atoms with E-state index in [9.17, 15) is 0 Å². The van der Waals surface area contributed by atoms with Gasteiger partial charge >= 0.3 is 0 Å². The highest BCUT2D eigenvalue weighted by atomic mass is 15.2. The third-order valence-corrected chi connectivity index (χ3v) is 7.86. The lowest BCUT2D eigenvalue weighted by atomic mass is 9.73. The minimum absolute atomic E-state index is 0.0941. The molecule has 0 N–H and O–H groups in total. The van der Waals surface area contributed by atoms with Crippen LogP contribution < -0.4 is 4.90 Å². The Morgan fingerprint density at radius 3 is 1.60 bits per heavy atom. The summed E-state index contributed by atoms with van der Waals surface area (Å²) in [7, 11) is 0. The van der Waals surface area contributed by atoms with E-state index in [-0.39, 0.29) is 5.41 Å². The van der Waals surface area contributed by atoms with Gasteiger partial charge in [0.2, 0.25) is 0 Å². The number of hydrogen-bond acceptors (Lipinski definition) is 3. The molecule has 0 radical (unpaired) electrons. The van der Waals surface area contributed by atoms with Crippen LogP contribution in [0.2, 0.25) is 0 Å². The number of hydrogen-bond donors (Lipinski definition) is 0. The number of anilines is 3. The van der Waals surface area contributed by atoms with Gasteiger partial charge in [0.25, 0.3) is 0 Å². The highest BCUT2D eigenvalue weighted by molar-refractivity contribution is 5.87. The summed E-state index contributed by atoms with van der Waals surface area (Å²) in [6.45, 7) is 4.63. The van der Waals surface area contributed by atoms with E-state index in [1.807, 2.05) is 36.4 Å². The number of nitrogens with zero attached hydrogens (tertiary/aromatic N) is 3. The molecule has 0 fully saturated rings. The molecule has 1 aliphatic rings. The van der Waals surface area contributed by atoms with Gasteiger partial charge in [-0.25, -0.2) is 9.97 Å². The first-order valence-electron chi connectivity index (χ1n) is 13.7. The van der Waals surface area contributed by atoms with Crippen molar-refractivity contribution >= 4 is 17.1 Å². The van der Waals surface area contributed by atoms with Gasteiger partial charge in [-0.1, -0.05) is 123 Å². The number of aromatic nitrogens is 2. The Labute approximate surface area is 235 Å². The lowest BCUT2D eigenvalue weighted by Gasteiger charge is -2.42. The maximum Gasteiger partial charge on any atom is 0.160 e. The van der Waals surface area contributed by atoms with Crippen molar-refractivity contribution in [1.29, 1.82) is 0 Å². The van der Waals surface area contributed by atoms with Gasteiger partial charge in [-0.15, -0.1) is 0 Å². The Morgan fingerprint density at radius 2 is 0.975 bits per heavy atom. The largest absolute Gasteiger partial charge is 0.310 e. The summed E-state index contributed by atoms with van der Waals surface area (Å²) >= 11 is 0. The molecule has 0 saturated carbocycles. The number of rotatable bonds is 4. The van der Waals surface area contributed by atoms with E-state index in [1.165, 1.54) is 22.5 Å². The topological polar surface area (TPSA) is 29.0 Å². The Hall–Kier alpha value is -5.02. The molecule has 0 aliphatic carbocycles. The van der Waals surface area contributed by atoms with Crippen LogP contribution in [-0.2, 0) is 5.41 Å². The fourth-order valence-electron chi connectivity index (χ4n) is 5.82. The highest BCUT2D eigenvalue weighted by Crippen LogP contribution is 2.51. The molecule has 0 amide bonds. The standard InChI is InChI=1S/C37H29N3/c1-37(2)30-20-9-11-22-34(30)40(35-23-12-10-21-31(35)37)29-19-13-18-28(24-29)33-25-32(26-14-5-3-6-15-26)38-36(39-33)27-16-7-4-8-17-27/h3-25H,1-2H3. The summed E-state index contributed by atoms with van der Waals surface area (Å²) < 4.78 is 0. The molecular weight excluding hydrogens is 486 g/mol. The SMILES string of the molecule is CC1(C)c2ccccc2N(c2cccc(-c3cc(-c4ccccc4)nc(-c4ccccc4)n3)c2)c2ccccc21. The van der Waals surface area contributed by atoms with Crippen LogP contribution in [-0.4, -0.2) is 9.97 Å². The predicted octanol–water partition coefficient (Wildman–Crippen LogP) is 9.59. The highest BCUT2D eigenvalue weighted by Gasteiger charge is 2.36. The van der Waals surface area contributed by atoms with Crippen molar-refractivity contribution in [3.8, 4) is 33.9 Å². The van der Waals surface area contributed by atoms with Gasteiger partial charge in [0.1, 0.15) is 0 Å². The molecule has 3 heteroatoms. The molecule has 0 unspecified atom stereocenters. The summed E-state index contributed by atoms with van der Waals surface area (Å²) in [6, 6.07) is 48.8. The lowest BCUT2D eigenvalue weighted by molar-refractivity contribution is 0.632. The van der Waals surface area contributed by atoms with Crippen LogP contribution in [0.4, 0.5) is 17.1 Å². The monoisotopic (exact) mass is 515 g/mol. The van der Waals surface area contributed by atoms with E-state index < -0.39 is 0 Å². The fraction of sp³-hybridized carbons (Fsp3) is 0.0811. The Balaban J connectivity index is 1.40. The summed E-state index contributed by atoms with van der Waals surface area (Å²) in [5, 5.41) is 0. The molecule has 40 heavy (non-hydrogen) atoms. The lowest BCUT2D eigenvalue weighted by Crippen LogP contribution is -2.30. The average Bonchev–Trinajstić information content (AvgIpc) is 3.02. The van der Waals surface area contributed by atoms with Crippen molar-refractivity contribution in [2.75, 3.05) is 4.90 Å². The van der Waals surface area contributed by atoms with Gasteiger partial charge < -0.3 is 4.90 Å². The molecule has 192 valence electrons. The van der Waals surface area contributed by atoms with Gasteiger partial charge in [-0.05, 0) is 41.5 Å². The summed E-state index contributed by atoms with van der Waals surface area (Å²) in [4.78, 5) is 12.4. The second-order valence-corrected chi connectivity index (χ2v) is 10.7. The molecule has 7 rings (SSSR count). The van der Waals surface area contributed by atoms with Gasteiger partial charge in [-0.2, -0.15) is 0 Å². The maximum absolute atomic E-state index is 5.07. The first-order valence-corrected chi connectivity index (χ1v) is 13.7. The van der Waals surface area contributed by atoms with Crippen LogP contribution in [0, 0.1) is 0 Å². The number of benzene rings is 5. The fourth-order valence-corrected chi connectivity index (χ4v) is 5.82. The molecule has 0 bridgehead atoms. The molecule has 5 aromatic carbocycles. The number of fused-ring (bicyclic) bond motifs is 2. The van der Waals surface area contributed by atoms with Crippen molar-refractivity contribution in [1.82, 2.24) is 9.97 Å².